The Morgan fingerprint density at radius 1 is 1.30 bits per heavy atom. The molecular weight excluding hydrogens is 396 g/mol. The second-order valence-corrected chi connectivity index (χ2v) is 5.65. The lowest BCUT2D eigenvalue weighted by molar-refractivity contribution is -0.135. The van der Waals surface area contributed by atoms with Gasteiger partial charge in [0.25, 0.3) is 5.91 Å². The average molecular weight is 404 g/mol. The van der Waals surface area contributed by atoms with Crippen LogP contribution in [0.5, 0.6) is 5.75 Å². The lowest BCUT2D eigenvalue weighted by Crippen LogP contribution is -2.29. The fraction of sp³-hybridized carbons (Fsp3) is 0.0833. The molecule has 104 valence electrons. The van der Waals surface area contributed by atoms with Crippen molar-refractivity contribution >= 4 is 54.6 Å². The number of pyridine rings is 1. The first kappa shape index (κ1) is 14.7. The van der Waals surface area contributed by atoms with Crippen LogP contribution in [0.25, 0.3) is 10.9 Å². The summed E-state index contributed by atoms with van der Waals surface area (Å²) in [6.45, 7) is -0.539. The Balaban J connectivity index is 2.58. The van der Waals surface area contributed by atoms with Crippen LogP contribution in [0.2, 0.25) is 0 Å². The number of amides is 1. The van der Waals surface area contributed by atoms with Gasteiger partial charge < -0.3 is 15.5 Å². The first-order valence-corrected chi connectivity index (χ1v) is 6.95. The number of aliphatic carboxylic acids is 1. The number of nitrogens with one attached hydrogen (secondary N) is 1. The largest absolute Gasteiger partial charge is 0.506 e. The molecule has 0 bridgehead atoms. The van der Waals surface area contributed by atoms with Crippen molar-refractivity contribution < 1.29 is 19.8 Å². The molecule has 1 aromatic heterocycles. The van der Waals surface area contributed by atoms with Gasteiger partial charge in [0, 0.05) is 16.1 Å². The molecule has 0 atom stereocenters. The number of nitrogens with zero attached hydrogens (tertiary/aromatic N) is 1. The molecule has 6 nitrogen and oxygen atoms in total. The van der Waals surface area contributed by atoms with Crippen LogP contribution in [0.15, 0.2) is 27.3 Å². The van der Waals surface area contributed by atoms with E-state index in [4.69, 9.17) is 5.11 Å². The van der Waals surface area contributed by atoms with E-state index >= 15 is 0 Å². The van der Waals surface area contributed by atoms with E-state index in [1.54, 1.807) is 12.1 Å². The number of carbonyl (C=O) groups excluding carboxylic acids is 1. The number of carbonyl (C=O) groups is 2. The maximum atomic E-state index is 12.0. The van der Waals surface area contributed by atoms with Gasteiger partial charge in [0.05, 0.1) is 9.99 Å². The zero-order chi connectivity index (χ0) is 14.9. The van der Waals surface area contributed by atoms with E-state index in [-0.39, 0.29) is 16.8 Å². The van der Waals surface area contributed by atoms with Crippen molar-refractivity contribution in [2.45, 2.75) is 0 Å². The molecule has 0 aliphatic rings. The van der Waals surface area contributed by atoms with Gasteiger partial charge in [0.15, 0.2) is 0 Å². The molecule has 2 aromatic rings. The highest BCUT2D eigenvalue weighted by Gasteiger charge is 2.20. The van der Waals surface area contributed by atoms with E-state index in [1.807, 2.05) is 0 Å². The molecule has 20 heavy (non-hydrogen) atoms. The van der Waals surface area contributed by atoms with E-state index in [0.29, 0.717) is 9.86 Å². The monoisotopic (exact) mass is 402 g/mol. The average Bonchev–Trinajstić information content (AvgIpc) is 2.37. The van der Waals surface area contributed by atoms with Gasteiger partial charge in [0.2, 0.25) is 0 Å². The second-order valence-electron chi connectivity index (χ2n) is 3.88. The van der Waals surface area contributed by atoms with Gasteiger partial charge in [-0.15, -0.1) is 0 Å². The zero-order valence-electron chi connectivity index (χ0n) is 9.85. The molecule has 0 aliphatic heterocycles. The number of aromatic hydroxyl groups is 1. The van der Waals surface area contributed by atoms with Gasteiger partial charge in [-0.1, -0.05) is 0 Å². The van der Waals surface area contributed by atoms with Crippen molar-refractivity contribution in [3.8, 4) is 5.75 Å². The SMILES string of the molecule is O=C(O)CNC(=O)c1c(O)c(Br)cc2cc(Br)cnc12. The van der Waals surface area contributed by atoms with Crippen molar-refractivity contribution in [2.75, 3.05) is 6.54 Å². The minimum absolute atomic E-state index is 0.0666. The molecule has 0 saturated heterocycles. The molecule has 0 radical (unpaired) electrons. The van der Waals surface area contributed by atoms with E-state index in [9.17, 15) is 14.7 Å². The number of hydrogen-bond acceptors (Lipinski definition) is 4. The number of phenols is 1. The minimum Gasteiger partial charge on any atom is -0.506 e. The van der Waals surface area contributed by atoms with Crippen LogP contribution in [-0.4, -0.2) is 33.6 Å². The molecule has 0 fully saturated rings. The van der Waals surface area contributed by atoms with Crippen LogP contribution in [0.4, 0.5) is 0 Å². The quantitative estimate of drug-likeness (QED) is 0.730. The third-order valence-corrected chi connectivity index (χ3v) is 3.53. The van der Waals surface area contributed by atoms with Gasteiger partial charge in [-0.3, -0.25) is 14.6 Å². The summed E-state index contributed by atoms with van der Waals surface area (Å²) < 4.78 is 1.05. The van der Waals surface area contributed by atoms with Gasteiger partial charge >= 0.3 is 5.97 Å². The van der Waals surface area contributed by atoms with Gasteiger partial charge in [-0.05, 0) is 44.0 Å². The maximum absolute atomic E-state index is 12.0. The molecule has 0 aliphatic carbocycles. The molecule has 8 heteroatoms. The number of benzene rings is 1. The topological polar surface area (TPSA) is 99.5 Å². The zero-order valence-corrected chi connectivity index (χ0v) is 13.0. The highest BCUT2D eigenvalue weighted by atomic mass is 79.9. The number of hydrogen-bond donors (Lipinski definition) is 3. The van der Waals surface area contributed by atoms with Crippen LogP contribution in [0, 0.1) is 0 Å². The number of carboxylic acid groups (broad SMARTS) is 1. The summed E-state index contributed by atoms with van der Waals surface area (Å²) in [6, 6.07) is 3.36. The maximum Gasteiger partial charge on any atom is 0.322 e. The Morgan fingerprint density at radius 2 is 2.00 bits per heavy atom. The first-order chi connectivity index (χ1) is 9.40. The van der Waals surface area contributed by atoms with E-state index in [2.05, 4.69) is 42.2 Å². The number of halogens is 2. The molecular formula is C12H8Br2N2O4. The first-order valence-electron chi connectivity index (χ1n) is 5.37. The fourth-order valence-corrected chi connectivity index (χ4v) is 2.46. The summed E-state index contributed by atoms with van der Waals surface area (Å²) in [5.41, 5.74) is 0.222. The Kier molecular flexibility index (Phi) is 4.24. The standard InChI is InChI=1S/C12H8Br2N2O4/c13-6-1-5-2-7(14)11(19)9(10(5)15-3-6)12(20)16-4-8(17)18/h1-3,19H,4H2,(H,16,20)(H,17,18). The molecule has 0 spiro atoms. The number of aromatic nitrogens is 1. The summed E-state index contributed by atoms with van der Waals surface area (Å²) in [7, 11) is 0. The smallest absolute Gasteiger partial charge is 0.322 e. The molecule has 1 amide bonds. The van der Waals surface area contributed by atoms with Crippen LogP contribution < -0.4 is 5.32 Å². The van der Waals surface area contributed by atoms with Gasteiger partial charge in [-0.2, -0.15) is 0 Å². The number of phenolic OH excluding ortho intramolecular Hbond substituents is 1. The summed E-state index contributed by atoms with van der Waals surface area (Å²) in [5, 5.41) is 21.4. The molecule has 2 rings (SSSR count). The van der Waals surface area contributed by atoms with Crippen LogP contribution in [-0.2, 0) is 4.79 Å². The predicted molar refractivity (Wildman–Crippen MR) is 78.8 cm³/mol. The molecule has 0 unspecified atom stereocenters. The molecule has 0 saturated carbocycles. The highest BCUT2D eigenvalue weighted by molar-refractivity contribution is 9.10. The van der Waals surface area contributed by atoms with Gasteiger partial charge in [0.1, 0.15) is 17.9 Å². The van der Waals surface area contributed by atoms with Crippen LogP contribution >= 0.6 is 31.9 Å². The van der Waals surface area contributed by atoms with E-state index < -0.39 is 18.4 Å². The Bertz CT molecular complexity index is 718. The third-order valence-electron chi connectivity index (χ3n) is 2.49. The molecule has 1 heterocycles. The van der Waals surface area contributed by atoms with Gasteiger partial charge in [-0.25, -0.2) is 0 Å². The normalized spacial score (nSPS) is 10.5. The summed E-state index contributed by atoms with van der Waals surface area (Å²) >= 11 is 6.42. The lowest BCUT2D eigenvalue weighted by atomic mass is 10.1. The lowest BCUT2D eigenvalue weighted by Gasteiger charge is -2.10. The van der Waals surface area contributed by atoms with Crippen LogP contribution in [0.1, 0.15) is 10.4 Å². The minimum atomic E-state index is -1.17. The van der Waals surface area contributed by atoms with Crippen molar-refractivity contribution in [3.63, 3.8) is 0 Å². The summed E-state index contributed by atoms with van der Waals surface area (Å²) in [6.07, 6.45) is 1.49. The number of fused-ring (bicyclic) bond motifs is 1. The number of carboxylic acids is 1. The predicted octanol–water partition coefficient (Wildman–Crippen LogP) is 2.28. The summed E-state index contributed by atoms with van der Waals surface area (Å²) in [5.74, 6) is -2.16. The Hall–Kier alpha value is -1.67. The fourth-order valence-electron chi connectivity index (χ4n) is 1.67. The Labute approximate surface area is 130 Å². The Morgan fingerprint density at radius 3 is 2.65 bits per heavy atom. The van der Waals surface area contributed by atoms with Crippen molar-refractivity contribution in [1.29, 1.82) is 0 Å². The van der Waals surface area contributed by atoms with E-state index in [1.165, 1.54) is 6.20 Å². The molecule has 1 aromatic carbocycles. The second kappa shape index (κ2) is 5.76. The van der Waals surface area contributed by atoms with Crippen LogP contribution in [0.3, 0.4) is 0 Å². The summed E-state index contributed by atoms with van der Waals surface area (Å²) in [4.78, 5) is 26.6. The van der Waals surface area contributed by atoms with Crippen molar-refractivity contribution in [1.82, 2.24) is 10.3 Å². The van der Waals surface area contributed by atoms with Crippen molar-refractivity contribution in [3.05, 3.63) is 32.8 Å². The molecule has 3 N–H and O–H groups in total. The van der Waals surface area contributed by atoms with E-state index in [0.717, 1.165) is 4.47 Å². The van der Waals surface area contributed by atoms with Crippen molar-refractivity contribution in [2.24, 2.45) is 0 Å². The highest BCUT2D eigenvalue weighted by Crippen LogP contribution is 2.34. The number of rotatable bonds is 3. The third kappa shape index (κ3) is 2.91.